The van der Waals surface area contributed by atoms with Crippen molar-refractivity contribution in [1.29, 1.82) is 0 Å². The molecule has 0 spiro atoms. The summed E-state index contributed by atoms with van der Waals surface area (Å²) in [6.45, 7) is 0.891. The van der Waals surface area contributed by atoms with Crippen LogP contribution >= 0.6 is 43.6 Å². The molecule has 0 radical (unpaired) electrons. The van der Waals surface area contributed by atoms with E-state index in [2.05, 4.69) is 42.5 Å². The number of rotatable bonds is 2. The molecule has 1 saturated heterocycles. The van der Waals surface area contributed by atoms with Crippen molar-refractivity contribution in [3.8, 4) is 0 Å². The van der Waals surface area contributed by atoms with Gasteiger partial charge in [0.2, 0.25) is 5.91 Å². The number of anilines is 1. The number of carbonyl (C=O) groups excluding carboxylic acids is 1. The Morgan fingerprint density at radius 2 is 2.29 bits per heavy atom. The van der Waals surface area contributed by atoms with Crippen molar-refractivity contribution >= 4 is 55.2 Å². The van der Waals surface area contributed by atoms with Gasteiger partial charge in [-0.2, -0.15) is 11.8 Å². The molecule has 2 rings (SSSR count). The molecule has 17 heavy (non-hydrogen) atoms. The van der Waals surface area contributed by atoms with Gasteiger partial charge in [0.25, 0.3) is 0 Å². The molecular weight excluding hydrogens is 368 g/mol. The summed E-state index contributed by atoms with van der Waals surface area (Å²) in [5.74, 6) is 1.93. The molecule has 6 heteroatoms. The number of benzene rings is 1. The zero-order valence-corrected chi connectivity index (χ0v) is 13.0. The molecule has 1 heterocycles. The van der Waals surface area contributed by atoms with Crippen molar-refractivity contribution in [2.45, 2.75) is 6.04 Å². The van der Waals surface area contributed by atoms with Gasteiger partial charge in [0.05, 0.1) is 11.7 Å². The molecule has 1 aromatic rings. The average molecular weight is 380 g/mol. The third-order valence-electron chi connectivity index (χ3n) is 2.42. The molecule has 2 N–H and O–H groups in total. The Balaban J connectivity index is 2.04. The van der Waals surface area contributed by atoms with Gasteiger partial charge in [0, 0.05) is 27.0 Å². The van der Waals surface area contributed by atoms with Crippen molar-refractivity contribution in [3.63, 3.8) is 0 Å². The molecule has 0 aliphatic carbocycles. The molecule has 3 nitrogen and oxygen atoms in total. The third kappa shape index (κ3) is 3.71. The lowest BCUT2D eigenvalue weighted by Crippen LogP contribution is -2.46. The highest BCUT2D eigenvalue weighted by Gasteiger charge is 2.21. The van der Waals surface area contributed by atoms with Gasteiger partial charge >= 0.3 is 0 Å². The van der Waals surface area contributed by atoms with Gasteiger partial charge in [-0.15, -0.1) is 0 Å². The zero-order chi connectivity index (χ0) is 12.3. The monoisotopic (exact) mass is 378 g/mol. The van der Waals surface area contributed by atoms with E-state index in [0.29, 0.717) is 0 Å². The van der Waals surface area contributed by atoms with E-state index in [9.17, 15) is 4.79 Å². The lowest BCUT2D eigenvalue weighted by Gasteiger charge is -2.22. The van der Waals surface area contributed by atoms with Crippen LogP contribution in [0.3, 0.4) is 0 Å². The van der Waals surface area contributed by atoms with Crippen LogP contribution in [-0.4, -0.2) is 30.0 Å². The van der Waals surface area contributed by atoms with Crippen LogP contribution in [0.4, 0.5) is 5.69 Å². The number of halogens is 2. The van der Waals surface area contributed by atoms with Crippen LogP contribution in [0, 0.1) is 0 Å². The van der Waals surface area contributed by atoms with Gasteiger partial charge in [0.1, 0.15) is 0 Å². The van der Waals surface area contributed by atoms with E-state index in [0.717, 1.165) is 32.7 Å². The maximum Gasteiger partial charge on any atom is 0.242 e. The average Bonchev–Trinajstić information content (AvgIpc) is 2.35. The van der Waals surface area contributed by atoms with Crippen LogP contribution in [0.2, 0.25) is 0 Å². The maximum atomic E-state index is 12.0. The van der Waals surface area contributed by atoms with Crippen LogP contribution in [0.15, 0.2) is 27.1 Å². The first-order valence-corrected chi connectivity index (χ1v) is 7.98. The third-order valence-corrected chi connectivity index (χ3v) is 4.67. The Labute approximate surface area is 121 Å². The minimum atomic E-state index is -0.0976. The smallest absolute Gasteiger partial charge is 0.242 e. The predicted octanol–water partition coefficient (Wildman–Crippen LogP) is 2.86. The van der Waals surface area contributed by atoms with Crippen molar-refractivity contribution in [2.75, 3.05) is 23.4 Å². The van der Waals surface area contributed by atoms with Crippen LogP contribution in [0.1, 0.15) is 0 Å². The fraction of sp³-hybridized carbons (Fsp3) is 0.364. The van der Waals surface area contributed by atoms with E-state index in [1.807, 2.05) is 18.2 Å². The lowest BCUT2D eigenvalue weighted by molar-refractivity contribution is -0.117. The SMILES string of the molecule is O=C(Nc1cc(Br)ccc1Br)C1CSCCN1. The van der Waals surface area contributed by atoms with Gasteiger partial charge in [-0.05, 0) is 34.1 Å². The Morgan fingerprint density at radius 1 is 1.47 bits per heavy atom. The topological polar surface area (TPSA) is 41.1 Å². The number of thioether (sulfide) groups is 1. The summed E-state index contributed by atoms with van der Waals surface area (Å²) >= 11 is 8.62. The van der Waals surface area contributed by atoms with Crippen LogP contribution < -0.4 is 10.6 Å². The molecule has 1 aliphatic heterocycles. The summed E-state index contributed by atoms with van der Waals surface area (Å²) in [5.41, 5.74) is 0.793. The van der Waals surface area contributed by atoms with E-state index in [4.69, 9.17) is 0 Å². The molecule has 1 atom stereocenters. The maximum absolute atomic E-state index is 12.0. The summed E-state index contributed by atoms with van der Waals surface area (Å²) in [7, 11) is 0. The summed E-state index contributed by atoms with van der Waals surface area (Å²) < 4.78 is 1.83. The minimum absolute atomic E-state index is 0.0241. The quantitative estimate of drug-likeness (QED) is 0.830. The number of amides is 1. The first-order valence-electron chi connectivity index (χ1n) is 5.24. The number of nitrogens with one attached hydrogen (secondary N) is 2. The van der Waals surface area contributed by atoms with Gasteiger partial charge in [-0.3, -0.25) is 4.79 Å². The summed E-state index contributed by atoms with van der Waals surface area (Å²) in [4.78, 5) is 12.0. The van der Waals surface area contributed by atoms with Crippen molar-refractivity contribution in [3.05, 3.63) is 27.1 Å². The first kappa shape index (κ1) is 13.4. The van der Waals surface area contributed by atoms with E-state index in [1.165, 1.54) is 0 Å². The van der Waals surface area contributed by atoms with Gasteiger partial charge in [-0.1, -0.05) is 15.9 Å². The Hall–Kier alpha value is -0.0400. The van der Waals surface area contributed by atoms with Crippen LogP contribution in [-0.2, 0) is 4.79 Å². The van der Waals surface area contributed by atoms with Crippen molar-refractivity contribution in [2.24, 2.45) is 0 Å². The fourth-order valence-corrected chi connectivity index (χ4v) is 3.19. The van der Waals surface area contributed by atoms with E-state index in [-0.39, 0.29) is 11.9 Å². The van der Waals surface area contributed by atoms with Crippen LogP contribution in [0.25, 0.3) is 0 Å². The standard InChI is InChI=1S/C11H12Br2N2OS/c12-7-1-2-8(13)9(5-7)15-11(16)10-6-17-4-3-14-10/h1-2,5,10,14H,3-4,6H2,(H,15,16). The molecule has 1 aromatic carbocycles. The molecule has 1 unspecified atom stereocenters. The van der Waals surface area contributed by atoms with E-state index < -0.39 is 0 Å². The number of carbonyl (C=O) groups is 1. The molecule has 92 valence electrons. The first-order chi connectivity index (χ1) is 8.16. The number of hydrogen-bond donors (Lipinski definition) is 2. The Morgan fingerprint density at radius 3 is 3.00 bits per heavy atom. The molecule has 1 fully saturated rings. The Bertz CT molecular complexity index is 422. The molecular formula is C11H12Br2N2OS. The Kier molecular flexibility index (Phi) is 4.90. The largest absolute Gasteiger partial charge is 0.324 e. The zero-order valence-electron chi connectivity index (χ0n) is 9.00. The predicted molar refractivity (Wildman–Crippen MR) is 79.6 cm³/mol. The second-order valence-electron chi connectivity index (χ2n) is 3.70. The number of hydrogen-bond acceptors (Lipinski definition) is 3. The fourth-order valence-electron chi connectivity index (χ4n) is 1.55. The molecule has 0 bridgehead atoms. The highest BCUT2D eigenvalue weighted by molar-refractivity contribution is 9.11. The normalized spacial score (nSPS) is 20.0. The van der Waals surface area contributed by atoms with E-state index in [1.54, 1.807) is 11.8 Å². The molecule has 1 aliphatic rings. The van der Waals surface area contributed by atoms with Crippen molar-refractivity contribution in [1.82, 2.24) is 5.32 Å². The molecule has 1 amide bonds. The highest BCUT2D eigenvalue weighted by atomic mass is 79.9. The highest BCUT2D eigenvalue weighted by Crippen LogP contribution is 2.26. The molecule has 0 saturated carbocycles. The van der Waals surface area contributed by atoms with Crippen molar-refractivity contribution < 1.29 is 4.79 Å². The second kappa shape index (κ2) is 6.22. The lowest BCUT2D eigenvalue weighted by atomic mass is 10.2. The van der Waals surface area contributed by atoms with Crippen LogP contribution in [0.5, 0.6) is 0 Å². The minimum Gasteiger partial charge on any atom is -0.324 e. The molecule has 0 aromatic heterocycles. The van der Waals surface area contributed by atoms with Gasteiger partial charge in [0.15, 0.2) is 0 Å². The second-order valence-corrected chi connectivity index (χ2v) is 6.61. The van der Waals surface area contributed by atoms with Gasteiger partial charge < -0.3 is 10.6 Å². The van der Waals surface area contributed by atoms with E-state index >= 15 is 0 Å². The summed E-state index contributed by atoms with van der Waals surface area (Å²) in [6.07, 6.45) is 0. The summed E-state index contributed by atoms with van der Waals surface area (Å²) in [5, 5.41) is 6.14. The van der Waals surface area contributed by atoms with Gasteiger partial charge in [-0.25, -0.2) is 0 Å². The summed E-state index contributed by atoms with van der Waals surface area (Å²) in [6, 6.07) is 5.62.